The third-order valence-electron chi connectivity index (χ3n) is 3.31. The van der Waals surface area contributed by atoms with E-state index in [2.05, 4.69) is 25.3 Å². The Hall–Kier alpha value is -2.22. The van der Waals surface area contributed by atoms with Gasteiger partial charge in [-0.25, -0.2) is 28.7 Å². The minimum absolute atomic E-state index is 0.0362. The average Bonchev–Trinajstić information content (AvgIpc) is 3.01. The first-order valence-corrected chi connectivity index (χ1v) is 6.73. The summed E-state index contributed by atoms with van der Waals surface area (Å²) in [6, 6.07) is 2.88. The Kier molecular flexibility index (Phi) is 3.48. The number of hydrogen-bond acceptors (Lipinski definition) is 5. The van der Waals surface area contributed by atoms with Crippen molar-refractivity contribution in [3.63, 3.8) is 0 Å². The predicted octanol–water partition coefficient (Wildman–Crippen LogP) is 2.22. The second-order valence-electron chi connectivity index (χ2n) is 4.90. The summed E-state index contributed by atoms with van der Waals surface area (Å²) in [5.74, 6) is -6.86. The first-order valence-electron chi connectivity index (χ1n) is 6.35. The second-order valence-corrected chi connectivity index (χ2v) is 5.29. The van der Waals surface area contributed by atoms with Gasteiger partial charge in [-0.3, -0.25) is 4.79 Å². The summed E-state index contributed by atoms with van der Waals surface area (Å²) < 4.78 is 27.8. The fourth-order valence-corrected chi connectivity index (χ4v) is 2.35. The van der Waals surface area contributed by atoms with Gasteiger partial charge >= 0.3 is 0 Å². The van der Waals surface area contributed by atoms with Gasteiger partial charge in [0.1, 0.15) is 35.0 Å². The molecule has 2 aromatic heterocycles. The lowest BCUT2D eigenvalue weighted by Gasteiger charge is -2.03. The molecule has 114 valence electrons. The summed E-state index contributed by atoms with van der Waals surface area (Å²) in [7, 11) is 0. The molecule has 0 radical (unpaired) electrons. The van der Waals surface area contributed by atoms with Gasteiger partial charge in [-0.05, 0) is 13.0 Å². The Bertz CT molecular complexity index is 742. The highest BCUT2D eigenvalue weighted by molar-refractivity contribution is 6.29. The Balaban J connectivity index is 1.78. The van der Waals surface area contributed by atoms with Crippen molar-refractivity contribution in [2.24, 2.45) is 5.92 Å². The van der Waals surface area contributed by atoms with E-state index in [-0.39, 0.29) is 16.8 Å². The van der Waals surface area contributed by atoms with Crippen molar-refractivity contribution >= 4 is 23.3 Å². The van der Waals surface area contributed by atoms with Gasteiger partial charge in [0.15, 0.2) is 0 Å². The smallest absolute Gasteiger partial charge is 0.271 e. The van der Waals surface area contributed by atoms with E-state index < -0.39 is 23.7 Å². The number of carbonyl (C=O) groups excluding carboxylic acids is 1. The van der Waals surface area contributed by atoms with Crippen LogP contribution in [0.3, 0.4) is 0 Å². The minimum atomic E-state index is -3.19. The highest BCUT2D eigenvalue weighted by Gasteiger charge is 2.74. The Morgan fingerprint density at radius 2 is 2.14 bits per heavy atom. The van der Waals surface area contributed by atoms with Gasteiger partial charge in [-0.15, -0.1) is 0 Å². The molecule has 2 heterocycles. The van der Waals surface area contributed by atoms with Crippen molar-refractivity contribution in [1.29, 1.82) is 0 Å². The minimum Gasteiger partial charge on any atom is -0.310 e. The molecule has 2 atom stereocenters. The molecule has 3 rings (SSSR count). The van der Waals surface area contributed by atoms with E-state index in [0.717, 1.165) is 6.33 Å². The molecule has 22 heavy (non-hydrogen) atoms. The molecule has 0 aromatic carbocycles. The predicted molar refractivity (Wildman–Crippen MR) is 73.6 cm³/mol. The van der Waals surface area contributed by atoms with E-state index in [1.54, 1.807) is 13.0 Å². The molecule has 1 unspecified atom stereocenters. The van der Waals surface area contributed by atoms with Crippen LogP contribution in [0.15, 0.2) is 24.7 Å². The lowest BCUT2D eigenvalue weighted by molar-refractivity contribution is -0.119. The highest BCUT2D eigenvalue weighted by atomic mass is 35.5. The quantitative estimate of drug-likeness (QED) is 0.875. The molecule has 0 bridgehead atoms. The number of hydrogen-bond donors (Lipinski definition) is 1. The van der Waals surface area contributed by atoms with Crippen LogP contribution >= 0.6 is 11.6 Å². The molecule has 1 N–H and O–H groups in total. The highest BCUT2D eigenvalue weighted by Crippen LogP contribution is 2.60. The van der Waals surface area contributed by atoms with Crippen LogP contribution in [0.25, 0.3) is 0 Å². The molecular weight excluding hydrogens is 316 g/mol. The van der Waals surface area contributed by atoms with E-state index in [4.69, 9.17) is 11.6 Å². The number of amides is 1. The molecule has 0 spiro atoms. The topological polar surface area (TPSA) is 80.7 Å². The number of aryl methyl sites for hydroxylation is 1. The van der Waals surface area contributed by atoms with E-state index in [1.165, 1.54) is 12.3 Å². The molecular formula is C13H10ClF2N5O. The van der Waals surface area contributed by atoms with Crippen LogP contribution < -0.4 is 5.32 Å². The van der Waals surface area contributed by atoms with Crippen LogP contribution in [0.5, 0.6) is 0 Å². The van der Waals surface area contributed by atoms with Crippen LogP contribution in [0.2, 0.25) is 5.15 Å². The molecule has 0 aliphatic heterocycles. The van der Waals surface area contributed by atoms with Gasteiger partial charge in [-0.1, -0.05) is 11.6 Å². The van der Waals surface area contributed by atoms with E-state index >= 15 is 0 Å². The van der Waals surface area contributed by atoms with Crippen LogP contribution in [0, 0.1) is 12.8 Å². The number of nitrogens with zero attached hydrogens (tertiary/aromatic N) is 4. The fraction of sp³-hybridized carbons (Fsp3) is 0.308. The maximum atomic E-state index is 13.9. The number of aromatic nitrogens is 4. The van der Waals surface area contributed by atoms with Crippen molar-refractivity contribution < 1.29 is 13.6 Å². The third kappa shape index (κ3) is 2.61. The average molecular weight is 326 g/mol. The summed E-state index contributed by atoms with van der Waals surface area (Å²) >= 11 is 5.65. The summed E-state index contributed by atoms with van der Waals surface area (Å²) in [6.07, 6.45) is 2.52. The van der Waals surface area contributed by atoms with E-state index in [1.807, 2.05) is 0 Å². The number of anilines is 1. The van der Waals surface area contributed by atoms with Crippen LogP contribution in [-0.4, -0.2) is 31.8 Å². The van der Waals surface area contributed by atoms with Crippen molar-refractivity contribution in [3.8, 4) is 0 Å². The first-order chi connectivity index (χ1) is 10.4. The summed E-state index contributed by atoms with van der Waals surface area (Å²) in [5, 5.41) is 2.41. The Morgan fingerprint density at radius 1 is 1.36 bits per heavy atom. The molecule has 0 saturated heterocycles. The van der Waals surface area contributed by atoms with Gasteiger partial charge in [-0.2, -0.15) is 0 Å². The molecule has 1 aliphatic rings. The molecule has 1 aliphatic carbocycles. The van der Waals surface area contributed by atoms with Crippen molar-refractivity contribution in [1.82, 2.24) is 19.9 Å². The van der Waals surface area contributed by atoms with Crippen LogP contribution in [0.1, 0.15) is 17.4 Å². The molecule has 1 fully saturated rings. The fourth-order valence-electron chi connectivity index (χ4n) is 2.20. The van der Waals surface area contributed by atoms with Gasteiger partial charge in [0.2, 0.25) is 5.91 Å². The largest absolute Gasteiger partial charge is 0.310 e. The zero-order valence-electron chi connectivity index (χ0n) is 11.3. The maximum absolute atomic E-state index is 13.9. The van der Waals surface area contributed by atoms with Gasteiger partial charge in [0.05, 0.1) is 0 Å². The van der Waals surface area contributed by atoms with Crippen LogP contribution in [-0.2, 0) is 4.79 Å². The van der Waals surface area contributed by atoms with Crippen molar-refractivity contribution in [3.05, 3.63) is 41.3 Å². The van der Waals surface area contributed by atoms with Gasteiger partial charge < -0.3 is 5.32 Å². The SMILES string of the molecule is Cc1ccnc(C2[C@@H](C(=O)Nc3cc(Cl)ncn3)C2(F)F)n1. The zero-order valence-corrected chi connectivity index (χ0v) is 12.1. The molecule has 6 nitrogen and oxygen atoms in total. The third-order valence-corrected chi connectivity index (χ3v) is 3.52. The second kappa shape index (κ2) is 5.20. The van der Waals surface area contributed by atoms with Crippen LogP contribution in [0.4, 0.5) is 14.6 Å². The number of rotatable bonds is 3. The Labute approximate surface area is 129 Å². The van der Waals surface area contributed by atoms with Crippen molar-refractivity contribution in [2.75, 3.05) is 5.32 Å². The number of carbonyl (C=O) groups is 1. The van der Waals surface area contributed by atoms with E-state index in [0.29, 0.717) is 5.69 Å². The molecule has 9 heteroatoms. The lowest BCUT2D eigenvalue weighted by Crippen LogP contribution is -2.18. The molecule has 1 amide bonds. The molecule has 2 aromatic rings. The van der Waals surface area contributed by atoms with Gasteiger partial charge in [0.25, 0.3) is 5.92 Å². The number of nitrogens with one attached hydrogen (secondary N) is 1. The summed E-state index contributed by atoms with van der Waals surface area (Å²) in [4.78, 5) is 27.2. The zero-order chi connectivity index (χ0) is 15.9. The lowest BCUT2D eigenvalue weighted by atomic mass is 10.2. The Morgan fingerprint density at radius 3 is 2.82 bits per heavy atom. The van der Waals surface area contributed by atoms with Gasteiger partial charge in [0, 0.05) is 18.0 Å². The van der Waals surface area contributed by atoms with E-state index in [9.17, 15) is 13.6 Å². The first kappa shape index (κ1) is 14.7. The standard InChI is InChI=1S/C13H10ClF2N5O/c1-6-2-3-17-11(20-6)9-10(13(9,15)16)12(22)21-8-4-7(14)18-5-19-8/h2-5,9-10H,1H3,(H,18,19,21,22)/t9?,10-/m0/s1. The number of halogens is 3. The molecule has 1 saturated carbocycles. The maximum Gasteiger partial charge on any atom is 0.271 e. The van der Waals surface area contributed by atoms with Crippen molar-refractivity contribution in [2.45, 2.75) is 18.8 Å². The normalized spacial score (nSPS) is 22.2. The summed E-state index contributed by atoms with van der Waals surface area (Å²) in [5.41, 5.74) is 0.564. The summed E-state index contributed by atoms with van der Waals surface area (Å²) in [6.45, 7) is 1.67. The monoisotopic (exact) mass is 325 g/mol. The number of alkyl halides is 2.